The summed E-state index contributed by atoms with van der Waals surface area (Å²) in [5.41, 5.74) is 5.09. The van der Waals surface area contributed by atoms with Gasteiger partial charge in [-0.15, -0.1) is 0 Å². The molecule has 0 bridgehead atoms. The number of aryl methyl sites for hydroxylation is 4. The molecule has 32 heavy (non-hydrogen) atoms. The maximum atomic E-state index is 13.4. The second-order valence-corrected chi connectivity index (χ2v) is 8.26. The van der Waals surface area contributed by atoms with E-state index >= 15 is 0 Å². The molecule has 0 saturated carbocycles. The third kappa shape index (κ3) is 3.62. The lowest BCUT2D eigenvalue weighted by Gasteiger charge is -2.21. The lowest BCUT2D eigenvalue weighted by Crippen LogP contribution is -2.27. The molecule has 0 saturated heterocycles. The highest BCUT2D eigenvalue weighted by Crippen LogP contribution is 2.29. The normalized spacial score (nSPS) is 12.2. The summed E-state index contributed by atoms with van der Waals surface area (Å²) in [7, 11) is 0. The molecule has 1 amide bonds. The molecule has 0 aliphatic carbocycles. The van der Waals surface area contributed by atoms with E-state index in [1.54, 1.807) is 6.20 Å². The summed E-state index contributed by atoms with van der Waals surface area (Å²) in [6, 6.07) is 14.9. The Balaban J connectivity index is 1.80. The SMILES string of the molecule is CCC(C(=O)Nc1cc(C)ccc1C)n1c(C)c2cnn(-c3ccccc3)c(=O)c2c1C. The van der Waals surface area contributed by atoms with Crippen LogP contribution in [0.25, 0.3) is 16.5 Å². The van der Waals surface area contributed by atoms with Crippen molar-refractivity contribution >= 4 is 22.4 Å². The van der Waals surface area contributed by atoms with E-state index in [4.69, 9.17) is 0 Å². The first-order chi connectivity index (χ1) is 15.3. The van der Waals surface area contributed by atoms with Crippen LogP contribution in [0.2, 0.25) is 0 Å². The summed E-state index contributed by atoms with van der Waals surface area (Å²) in [6.07, 6.45) is 2.32. The van der Waals surface area contributed by atoms with Gasteiger partial charge in [-0.3, -0.25) is 9.59 Å². The third-order valence-corrected chi connectivity index (χ3v) is 6.10. The largest absolute Gasteiger partial charge is 0.335 e. The van der Waals surface area contributed by atoms with Gasteiger partial charge in [-0.05, 0) is 63.4 Å². The fourth-order valence-corrected chi connectivity index (χ4v) is 4.37. The lowest BCUT2D eigenvalue weighted by molar-refractivity contribution is -0.119. The summed E-state index contributed by atoms with van der Waals surface area (Å²) in [4.78, 5) is 26.7. The number of carbonyl (C=O) groups excluding carboxylic acids is 1. The number of para-hydroxylation sites is 1. The molecule has 2 aromatic heterocycles. The number of nitrogens with zero attached hydrogens (tertiary/aromatic N) is 3. The van der Waals surface area contributed by atoms with Crippen molar-refractivity contribution in [3.63, 3.8) is 0 Å². The molecule has 0 fully saturated rings. The molecule has 0 aliphatic rings. The van der Waals surface area contributed by atoms with Crippen LogP contribution in [0, 0.1) is 27.7 Å². The van der Waals surface area contributed by atoms with Gasteiger partial charge in [-0.2, -0.15) is 9.78 Å². The highest BCUT2D eigenvalue weighted by atomic mass is 16.2. The maximum absolute atomic E-state index is 13.4. The summed E-state index contributed by atoms with van der Waals surface area (Å²) in [6.45, 7) is 9.81. The summed E-state index contributed by atoms with van der Waals surface area (Å²) in [5, 5.41) is 8.87. The van der Waals surface area contributed by atoms with Crippen molar-refractivity contribution in [2.45, 2.75) is 47.1 Å². The first-order valence-electron chi connectivity index (χ1n) is 10.9. The maximum Gasteiger partial charge on any atom is 0.281 e. The van der Waals surface area contributed by atoms with Crippen LogP contribution < -0.4 is 10.9 Å². The van der Waals surface area contributed by atoms with Gasteiger partial charge in [0.2, 0.25) is 5.91 Å². The first kappa shape index (κ1) is 21.6. The van der Waals surface area contributed by atoms with Crippen molar-refractivity contribution in [2.75, 3.05) is 5.32 Å². The van der Waals surface area contributed by atoms with E-state index < -0.39 is 6.04 Å². The Bertz CT molecular complexity index is 1370. The van der Waals surface area contributed by atoms with Crippen LogP contribution >= 0.6 is 0 Å². The van der Waals surface area contributed by atoms with Gasteiger partial charge in [-0.25, -0.2) is 0 Å². The van der Waals surface area contributed by atoms with Gasteiger partial charge in [0, 0.05) is 22.5 Å². The second-order valence-electron chi connectivity index (χ2n) is 8.26. The minimum Gasteiger partial charge on any atom is -0.335 e. The number of benzene rings is 2. The van der Waals surface area contributed by atoms with Crippen molar-refractivity contribution in [1.29, 1.82) is 0 Å². The van der Waals surface area contributed by atoms with Crippen LogP contribution in [0.5, 0.6) is 0 Å². The average Bonchev–Trinajstić information content (AvgIpc) is 3.03. The molecule has 2 aromatic carbocycles. The number of hydrogen-bond acceptors (Lipinski definition) is 3. The van der Waals surface area contributed by atoms with Gasteiger partial charge >= 0.3 is 0 Å². The minimum atomic E-state index is -0.438. The molecule has 6 nitrogen and oxygen atoms in total. The fraction of sp³-hybridized carbons (Fsp3) is 0.269. The van der Waals surface area contributed by atoms with Gasteiger partial charge in [0.1, 0.15) is 6.04 Å². The summed E-state index contributed by atoms with van der Waals surface area (Å²) >= 11 is 0. The topological polar surface area (TPSA) is 68.9 Å². The number of amides is 1. The van der Waals surface area contributed by atoms with Gasteiger partial charge in [0.25, 0.3) is 5.56 Å². The zero-order valence-corrected chi connectivity index (χ0v) is 19.1. The first-order valence-corrected chi connectivity index (χ1v) is 10.9. The zero-order valence-electron chi connectivity index (χ0n) is 19.1. The van der Waals surface area contributed by atoms with E-state index in [0.29, 0.717) is 17.5 Å². The van der Waals surface area contributed by atoms with Crippen molar-refractivity contribution in [3.8, 4) is 5.69 Å². The predicted octanol–water partition coefficient (Wildman–Crippen LogP) is 5.01. The average molecular weight is 429 g/mol. The van der Waals surface area contributed by atoms with Crippen LogP contribution in [0.4, 0.5) is 5.69 Å². The number of anilines is 1. The second kappa shape index (κ2) is 8.46. The van der Waals surface area contributed by atoms with E-state index in [0.717, 1.165) is 33.6 Å². The van der Waals surface area contributed by atoms with Crippen LogP contribution in [0.15, 0.2) is 59.5 Å². The molecule has 0 aliphatic heterocycles. The van der Waals surface area contributed by atoms with Crippen LogP contribution in [0.3, 0.4) is 0 Å². The molecule has 1 atom stereocenters. The van der Waals surface area contributed by atoms with E-state index in [1.807, 2.05) is 87.7 Å². The van der Waals surface area contributed by atoms with E-state index in [9.17, 15) is 9.59 Å². The highest BCUT2D eigenvalue weighted by molar-refractivity contribution is 5.96. The molecule has 0 spiro atoms. The molecule has 1 unspecified atom stereocenters. The van der Waals surface area contributed by atoms with E-state index in [-0.39, 0.29) is 11.5 Å². The van der Waals surface area contributed by atoms with Crippen LogP contribution in [-0.2, 0) is 4.79 Å². The number of carbonyl (C=O) groups is 1. The van der Waals surface area contributed by atoms with Gasteiger partial charge in [-0.1, -0.05) is 37.3 Å². The Morgan fingerprint density at radius 1 is 1.03 bits per heavy atom. The Morgan fingerprint density at radius 2 is 1.75 bits per heavy atom. The molecular weight excluding hydrogens is 400 g/mol. The summed E-state index contributed by atoms with van der Waals surface area (Å²) < 4.78 is 3.39. The van der Waals surface area contributed by atoms with Gasteiger partial charge in [0.15, 0.2) is 0 Å². The lowest BCUT2D eigenvalue weighted by atomic mass is 10.1. The number of aromatic nitrogens is 3. The molecule has 2 heterocycles. The Morgan fingerprint density at radius 3 is 2.44 bits per heavy atom. The van der Waals surface area contributed by atoms with Crippen molar-refractivity contribution in [2.24, 2.45) is 0 Å². The van der Waals surface area contributed by atoms with Crippen molar-refractivity contribution in [3.05, 3.63) is 87.6 Å². The third-order valence-electron chi connectivity index (χ3n) is 6.10. The fourth-order valence-electron chi connectivity index (χ4n) is 4.37. The standard InChI is InChI=1S/C26H28N4O2/c1-6-23(25(31)28-22-14-16(2)12-13-17(22)3)29-18(4)21-15-27-30(20-10-8-7-9-11-20)26(32)24(21)19(29)5/h7-15,23H,6H2,1-5H3,(H,28,31). The predicted molar refractivity (Wildman–Crippen MR) is 129 cm³/mol. The van der Waals surface area contributed by atoms with Crippen LogP contribution in [0.1, 0.15) is 41.9 Å². The molecular formula is C26H28N4O2. The zero-order chi connectivity index (χ0) is 23.0. The highest BCUT2D eigenvalue weighted by Gasteiger charge is 2.26. The quantitative estimate of drug-likeness (QED) is 0.486. The molecule has 4 rings (SSSR count). The monoisotopic (exact) mass is 428 g/mol. The molecule has 6 heteroatoms. The van der Waals surface area contributed by atoms with Gasteiger partial charge in [0.05, 0.1) is 17.3 Å². The molecule has 1 N–H and O–H groups in total. The Labute approximate surface area is 187 Å². The molecule has 4 aromatic rings. The van der Waals surface area contributed by atoms with E-state index in [1.165, 1.54) is 4.68 Å². The van der Waals surface area contributed by atoms with Crippen molar-refractivity contribution < 1.29 is 4.79 Å². The molecule has 0 radical (unpaired) electrons. The van der Waals surface area contributed by atoms with E-state index in [2.05, 4.69) is 10.4 Å². The number of hydrogen-bond donors (Lipinski definition) is 1. The Kier molecular flexibility index (Phi) is 5.70. The minimum absolute atomic E-state index is 0.0935. The smallest absolute Gasteiger partial charge is 0.281 e. The molecule has 164 valence electrons. The van der Waals surface area contributed by atoms with Crippen LogP contribution in [-0.4, -0.2) is 20.3 Å². The van der Waals surface area contributed by atoms with Crippen molar-refractivity contribution in [1.82, 2.24) is 14.3 Å². The summed E-state index contributed by atoms with van der Waals surface area (Å²) in [5.74, 6) is -0.0935. The number of fused-ring (bicyclic) bond motifs is 1. The Hall–Kier alpha value is -3.67. The van der Waals surface area contributed by atoms with Gasteiger partial charge < -0.3 is 9.88 Å². The number of nitrogens with one attached hydrogen (secondary N) is 1. The number of rotatable bonds is 5.